The van der Waals surface area contributed by atoms with Crippen LogP contribution in [-0.2, 0) is 6.42 Å². The molecule has 2 nitrogen and oxygen atoms in total. The number of benzene rings is 2. The van der Waals surface area contributed by atoms with E-state index in [1.807, 2.05) is 0 Å². The summed E-state index contributed by atoms with van der Waals surface area (Å²) in [5, 5.41) is 0. The zero-order chi connectivity index (χ0) is 13.7. The van der Waals surface area contributed by atoms with Crippen LogP contribution < -0.4 is 11.3 Å². The van der Waals surface area contributed by atoms with Crippen molar-refractivity contribution in [1.29, 1.82) is 0 Å². The van der Waals surface area contributed by atoms with Crippen LogP contribution in [0.5, 0.6) is 0 Å². The predicted molar refractivity (Wildman–Crippen MR) is 80.8 cm³/mol. The smallest absolute Gasteiger partial charge is 0.0712 e. The van der Waals surface area contributed by atoms with Gasteiger partial charge in [0.15, 0.2) is 0 Å². The number of hydrogen-bond donors (Lipinski definition) is 2. The van der Waals surface area contributed by atoms with E-state index >= 15 is 0 Å². The van der Waals surface area contributed by atoms with Gasteiger partial charge in [-0.2, -0.15) is 0 Å². The average molecular weight is 254 g/mol. The van der Waals surface area contributed by atoms with Crippen molar-refractivity contribution in [2.24, 2.45) is 5.84 Å². The number of hydrogen-bond acceptors (Lipinski definition) is 2. The fraction of sp³-hybridized carbons (Fsp3) is 0.294. The summed E-state index contributed by atoms with van der Waals surface area (Å²) >= 11 is 0. The highest BCUT2D eigenvalue weighted by Gasteiger charge is 2.14. The van der Waals surface area contributed by atoms with Crippen molar-refractivity contribution < 1.29 is 0 Å². The largest absolute Gasteiger partial charge is 0.271 e. The maximum Gasteiger partial charge on any atom is 0.0712 e. The van der Waals surface area contributed by atoms with Gasteiger partial charge in [0.25, 0.3) is 0 Å². The molecule has 0 fully saturated rings. The summed E-state index contributed by atoms with van der Waals surface area (Å²) in [4.78, 5) is 0. The third-order valence-corrected chi connectivity index (χ3v) is 3.49. The Morgan fingerprint density at radius 1 is 1.11 bits per heavy atom. The highest BCUT2D eigenvalue weighted by Crippen LogP contribution is 2.25. The molecule has 0 bridgehead atoms. The minimum absolute atomic E-state index is 0.0537. The Bertz CT molecular complexity index is 534. The standard InChI is InChI=1S/C17H22N2/c1-3-7-14-9-6-10-15(12-14)17(19-18)16-11-5-4-8-13(16)2/h4-6,8-12,17,19H,3,7,18H2,1-2H3. The lowest BCUT2D eigenvalue weighted by atomic mass is 9.94. The van der Waals surface area contributed by atoms with Gasteiger partial charge in [-0.3, -0.25) is 5.84 Å². The normalized spacial score (nSPS) is 12.4. The van der Waals surface area contributed by atoms with E-state index in [0.29, 0.717) is 0 Å². The molecule has 1 atom stereocenters. The number of nitrogens with one attached hydrogen (secondary N) is 1. The van der Waals surface area contributed by atoms with Crippen LogP contribution in [0, 0.1) is 6.92 Å². The molecule has 2 heteroatoms. The Morgan fingerprint density at radius 3 is 2.58 bits per heavy atom. The van der Waals surface area contributed by atoms with Crippen LogP contribution in [0.2, 0.25) is 0 Å². The first kappa shape index (κ1) is 13.8. The zero-order valence-corrected chi connectivity index (χ0v) is 11.7. The number of aryl methyl sites for hydroxylation is 2. The predicted octanol–water partition coefficient (Wildman–Crippen LogP) is 3.50. The van der Waals surface area contributed by atoms with E-state index in [4.69, 9.17) is 5.84 Å². The first-order valence-corrected chi connectivity index (χ1v) is 6.86. The first-order valence-electron chi connectivity index (χ1n) is 6.86. The third-order valence-electron chi connectivity index (χ3n) is 3.49. The summed E-state index contributed by atoms with van der Waals surface area (Å²) in [6.45, 7) is 4.32. The number of hydrazine groups is 1. The fourth-order valence-corrected chi connectivity index (χ4v) is 2.49. The minimum atomic E-state index is 0.0537. The molecule has 2 rings (SSSR count). The van der Waals surface area contributed by atoms with Crippen molar-refractivity contribution in [2.45, 2.75) is 32.7 Å². The molecule has 0 spiro atoms. The lowest BCUT2D eigenvalue weighted by Crippen LogP contribution is -2.29. The minimum Gasteiger partial charge on any atom is -0.271 e. The lowest BCUT2D eigenvalue weighted by molar-refractivity contribution is 0.633. The van der Waals surface area contributed by atoms with Gasteiger partial charge in [0.2, 0.25) is 0 Å². The topological polar surface area (TPSA) is 38.0 Å². The lowest BCUT2D eigenvalue weighted by Gasteiger charge is -2.19. The van der Waals surface area contributed by atoms with Crippen LogP contribution in [0.25, 0.3) is 0 Å². The van der Waals surface area contributed by atoms with Crippen LogP contribution in [0.3, 0.4) is 0 Å². The molecule has 3 N–H and O–H groups in total. The molecule has 2 aromatic carbocycles. The summed E-state index contributed by atoms with van der Waals surface area (Å²) in [6, 6.07) is 17.1. The zero-order valence-electron chi connectivity index (χ0n) is 11.7. The third kappa shape index (κ3) is 3.22. The van der Waals surface area contributed by atoms with E-state index in [9.17, 15) is 0 Å². The fourth-order valence-electron chi connectivity index (χ4n) is 2.49. The average Bonchev–Trinajstić information content (AvgIpc) is 2.43. The highest BCUT2D eigenvalue weighted by atomic mass is 15.2. The van der Waals surface area contributed by atoms with Crippen LogP contribution in [0.15, 0.2) is 48.5 Å². The molecule has 0 saturated heterocycles. The second-order valence-electron chi connectivity index (χ2n) is 4.95. The van der Waals surface area contributed by atoms with Crippen LogP contribution in [-0.4, -0.2) is 0 Å². The molecule has 2 aromatic rings. The van der Waals surface area contributed by atoms with Crippen molar-refractivity contribution in [1.82, 2.24) is 5.43 Å². The monoisotopic (exact) mass is 254 g/mol. The van der Waals surface area contributed by atoms with Gasteiger partial charge in [0.05, 0.1) is 6.04 Å². The molecule has 0 heterocycles. The molecule has 19 heavy (non-hydrogen) atoms. The van der Waals surface area contributed by atoms with E-state index in [0.717, 1.165) is 12.8 Å². The molecule has 0 saturated carbocycles. The Kier molecular flexibility index (Phi) is 4.72. The molecule has 0 radical (unpaired) electrons. The van der Waals surface area contributed by atoms with Crippen molar-refractivity contribution >= 4 is 0 Å². The van der Waals surface area contributed by atoms with Gasteiger partial charge in [-0.1, -0.05) is 61.9 Å². The van der Waals surface area contributed by atoms with Crippen LogP contribution in [0.1, 0.15) is 41.6 Å². The van der Waals surface area contributed by atoms with E-state index in [1.165, 1.54) is 22.3 Å². The van der Waals surface area contributed by atoms with Gasteiger partial charge in [-0.25, -0.2) is 5.43 Å². The van der Waals surface area contributed by atoms with E-state index < -0.39 is 0 Å². The molecule has 0 aromatic heterocycles. The van der Waals surface area contributed by atoms with Gasteiger partial charge in [0, 0.05) is 0 Å². The van der Waals surface area contributed by atoms with Crippen molar-refractivity contribution in [3.63, 3.8) is 0 Å². The molecule has 0 aliphatic rings. The summed E-state index contributed by atoms with van der Waals surface area (Å²) < 4.78 is 0. The molecule has 0 amide bonds. The summed E-state index contributed by atoms with van der Waals surface area (Å²) in [5.74, 6) is 5.78. The molecule has 1 unspecified atom stereocenters. The van der Waals surface area contributed by atoms with E-state index in [-0.39, 0.29) is 6.04 Å². The first-order chi connectivity index (χ1) is 9.26. The maximum atomic E-state index is 5.78. The maximum absolute atomic E-state index is 5.78. The van der Waals surface area contributed by atoms with Gasteiger partial charge in [-0.05, 0) is 35.6 Å². The van der Waals surface area contributed by atoms with Crippen molar-refractivity contribution in [2.75, 3.05) is 0 Å². The molecule has 100 valence electrons. The van der Waals surface area contributed by atoms with Gasteiger partial charge in [-0.15, -0.1) is 0 Å². The second-order valence-corrected chi connectivity index (χ2v) is 4.95. The van der Waals surface area contributed by atoms with Gasteiger partial charge < -0.3 is 0 Å². The molecule has 0 aliphatic carbocycles. The Balaban J connectivity index is 2.37. The quantitative estimate of drug-likeness (QED) is 0.633. The van der Waals surface area contributed by atoms with Gasteiger partial charge >= 0.3 is 0 Å². The number of nitrogens with two attached hydrogens (primary N) is 1. The Labute approximate surface area is 115 Å². The van der Waals surface area contributed by atoms with E-state index in [1.54, 1.807) is 0 Å². The Morgan fingerprint density at radius 2 is 1.89 bits per heavy atom. The summed E-state index contributed by atoms with van der Waals surface area (Å²) in [7, 11) is 0. The van der Waals surface area contributed by atoms with Crippen molar-refractivity contribution in [3.05, 3.63) is 70.8 Å². The molecular formula is C17H22N2. The summed E-state index contributed by atoms with van der Waals surface area (Å²) in [5.41, 5.74) is 8.03. The second kappa shape index (κ2) is 6.50. The Hall–Kier alpha value is -1.64. The van der Waals surface area contributed by atoms with E-state index in [2.05, 4.69) is 67.8 Å². The molecular weight excluding hydrogens is 232 g/mol. The summed E-state index contributed by atoms with van der Waals surface area (Å²) in [6.07, 6.45) is 2.27. The van der Waals surface area contributed by atoms with Crippen LogP contribution >= 0.6 is 0 Å². The highest BCUT2D eigenvalue weighted by molar-refractivity contribution is 5.38. The van der Waals surface area contributed by atoms with Gasteiger partial charge in [0.1, 0.15) is 0 Å². The van der Waals surface area contributed by atoms with Crippen LogP contribution in [0.4, 0.5) is 0 Å². The number of rotatable bonds is 5. The SMILES string of the molecule is CCCc1cccc(C(NN)c2ccccc2C)c1. The van der Waals surface area contributed by atoms with Crippen molar-refractivity contribution in [3.8, 4) is 0 Å². The molecule has 0 aliphatic heterocycles.